The van der Waals surface area contributed by atoms with Crippen LogP contribution in [-0.2, 0) is 0 Å². The maximum absolute atomic E-state index is 12.4. The lowest BCUT2D eigenvalue weighted by molar-refractivity contribution is 0.0947. The highest BCUT2D eigenvalue weighted by atomic mass is 16.2. The molecule has 1 aliphatic heterocycles. The molecule has 0 atom stereocenters. The molecule has 2 aromatic rings. The molecule has 4 N–H and O–H groups in total. The number of carbonyl (C=O) groups is 2. The van der Waals surface area contributed by atoms with Crippen LogP contribution in [-0.4, -0.2) is 67.9 Å². The van der Waals surface area contributed by atoms with Gasteiger partial charge < -0.3 is 26.2 Å². The van der Waals surface area contributed by atoms with Gasteiger partial charge in [-0.05, 0) is 56.4 Å². The van der Waals surface area contributed by atoms with Crippen molar-refractivity contribution in [3.05, 3.63) is 59.7 Å². The fourth-order valence-corrected chi connectivity index (χ4v) is 3.26. The summed E-state index contributed by atoms with van der Waals surface area (Å²) < 4.78 is 0. The number of rotatable bonds is 7. The average molecular weight is 396 g/mol. The molecule has 0 spiro atoms. The monoisotopic (exact) mass is 395 g/mol. The largest absolute Gasteiger partial charge is 0.397 e. The number of para-hydroxylation sites is 2. The van der Waals surface area contributed by atoms with E-state index in [2.05, 4.69) is 27.5 Å². The van der Waals surface area contributed by atoms with Crippen LogP contribution in [0.2, 0.25) is 0 Å². The third kappa shape index (κ3) is 6.04. The second-order valence-electron chi connectivity index (χ2n) is 7.37. The molecule has 1 fully saturated rings. The molecule has 154 valence electrons. The zero-order valence-corrected chi connectivity index (χ0v) is 16.9. The van der Waals surface area contributed by atoms with Crippen LogP contribution in [0.4, 0.5) is 11.4 Å². The minimum absolute atomic E-state index is 0.123. The Morgan fingerprint density at radius 1 is 0.931 bits per heavy atom. The molecule has 7 nitrogen and oxygen atoms in total. The number of nitrogen functional groups attached to an aromatic ring is 1. The SMILES string of the molecule is CN1CCN(CCCNC(=O)c2ccc(C(=O)Nc3ccccc3N)cc2)CC1. The summed E-state index contributed by atoms with van der Waals surface area (Å²) in [5.41, 5.74) is 7.94. The number of hydrogen-bond acceptors (Lipinski definition) is 5. The Labute approximate surface area is 171 Å². The number of nitrogens with one attached hydrogen (secondary N) is 2. The summed E-state index contributed by atoms with van der Waals surface area (Å²) in [4.78, 5) is 29.4. The molecule has 1 aliphatic rings. The predicted molar refractivity (Wildman–Crippen MR) is 116 cm³/mol. The molecule has 1 heterocycles. The lowest BCUT2D eigenvalue weighted by Gasteiger charge is -2.32. The Hall–Kier alpha value is -2.90. The molecule has 0 bridgehead atoms. The van der Waals surface area contributed by atoms with E-state index in [1.165, 1.54) is 0 Å². The van der Waals surface area contributed by atoms with Crippen molar-refractivity contribution >= 4 is 23.2 Å². The highest BCUT2D eigenvalue weighted by Gasteiger charge is 2.13. The molecule has 0 aromatic heterocycles. The van der Waals surface area contributed by atoms with E-state index in [-0.39, 0.29) is 11.8 Å². The van der Waals surface area contributed by atoms with Crippen LogP contribution in [0.5, 0.6) is 0 Å². The number of piperazine rings is 1. The topological polar surface area (TPSA) is 90.7 Å². The fraction of sp³-hybridized carbons (Fsp3) is 0.364. The number of benzene rings is 2. The van der Waals surface area contributed by atoms with Gasteiger partial charge in [0.2, 0.25) is 0 Å². The van der Waals surface area contributed by atoms with Gasteiger partial charge in [-0.3, -0.25) is 9.59 Å². The number of nitrogens with two attached hydrogens (primary N) is 1. The summed E-state index contributed by atoms with van der Waals surface area (Å²) in [6, 6.07) is 13.7. The van der Waals surface area contributed by atoms with E-state index >= 15 is 0 Å². The van der Waals surface area contributed by atoms with Crippen LogP contribution in [0.3, 0.4) is 0 Å². The molecule has 0 saturated carbocycles. The van der Waals surface area contributed by atoms with Crippen molar-refractivity contribution in [2.75, 3.05) is 57.4 Å². The zero-order valence-electron chi connectivity index (χ0n) is 16.9. The Kier molecular flexibility index (Phi) is 7.21. The van der Waals surface area contributed by atoms with Gasteiger partial charge in [0.25, 0.3) is 11.8 Å². The minimum atomic E-state index is -0.262. The van der Waals surface area contributed by atoms with E-state index in [1.807, 2.05) is 12.1 Å². The molecule has 2 amide bonds. The summed E-state index contributed by atoms with van der Waals surface area (Å²) >= 11 is 0. The summed E-state index contributed by atoms with van der Waals surface area (Å²) in [5, 5.41) is 5.73. The molecular formula is C22H29N5O2. The van der Waals surface area contributed by atoms with Crippen molar-refractivity contribution in [3.63, 3.8) is 0 Å². The first-order valence-corrected chi connectivity index (χ1v) is 9.98. The van der Waals surface area contributed by atoms with Crippen molar-refractivity contribution in [1.82, 2.24) is 15.1 Å². The second kappa shape index (κ2) is 10.0. The van der Waals surface area contributed by atoms with Gasteiger partial charge in [-0.2, -0.15) is 0 Å². The lowest BCUT2D eigenvalue weighted by atomic mass is 10.1. The second-order valence-corrected chi connectivity index (χ2v) is 7.37. The van der Waals surface area contributed by atoms with E-state index in [4.69, 9.17) is 5.73 Å². The maximum atomic E-state index is 12.4. The quantitative estimate of drug-likeness (QED) is 0.492. The number of likely N-dealkylation sites (N-methyl/N-ethyl adjacent to an activating group) is 1. The van der Waals surface area contributed by atoms with Gasteiger partial charge in [-0.1, -0.05) is 12.1 Å². The number of hydrogen-bond donors (Lipinski definition) is 3. The summed E-state index contributed by atoms with van der Waals surface area (Å²) in [6.45, 7) is 6.01. The first-order chi connectivity index (χ1) is 14.0. The number of carbonyl (C=O) groups excluding carboxylic acids is 2. The molecule has 3 rings (SSSR count). The Morgan fingerprint density at radius 3 is 2.21 bits per heavy atom. The predicted octanol–water partition coefficient (Wildman–Crippen LogP) is 1.89. The summed E-state index contributed by atoms with van der Waals surface area (Å²) in [5.74, 6) is -0.385. The molecule has 1 saturated heterocycles. The first kappa shape index (κ1) is 20.8. The van der Waals surface area contributed by atoms with Crippen LogP contribution in [0.25, 0.3) is 0 Å². The summed E-state index contributed by atoms with van der Waals surface area (Å²) in [6.07, 6.45) is 0.925. The number of anilines is 2. The molecule has 29 heavy (non-hydrogen) atoms. The van der Waals surface area contributed by atoms with Crippen molar-refractivity contribution in [2.45, 2.75) is 6.42 Å². The van der Waals surface area contributed by atoms with Crippen LogP contribution in [0, 0.1) is 0 Å². The Balaban J connectivity index is 1.43. The van der Waals surface area contributed by atoms with Crippen molar-refractivity contribution < 1.29 is 9.59 Å². The van der Waals surface area contributed by atoms with Crippen molar-refractivity contribution in [3.8, 4) is 0 Å². The van der Waals surface area contributed by atoms with Crippen LogP contribution in [0.15, 0.2) is 48.5 Å². The third-order valence-corrected chi connectivity index (χ3v) is 5.15. The Bertz CT molecular complexity index is 829. The maximum Gasteiger partial charge on any atom is 0.255 e. The minimum Gasteiger partial charge on any atom is -0.397 e. The molecule has 2 aromatic carbocycles. The van der Waals surface area contributed by atoms with Gasteiger partial charge in [0.05, 0.1) is 11.4 Å². The highest BCUT2D eigenvalue weighted by Crippen LogP contribution is 2.18. The van der Waals surface area contributed by atoms with E-state index in [0.29, 0.717) is 29.0 Å². The highest BCUT2D eigenvalue weighted by molar-refractivity contribution is 6.06. The number of nitrogens with zero attached hydrogens (tertiary/aromatic N) is 2. The fourth-order valence-electron chi connectivity index (χ4n) is 3.26. The molecule has 0 unspecified atom stereocenters. The first-order valence-electron chi connectivity index (χ1n) is 9.98. The Morgan fingerprint density at radius 2 is 1.55 bits per heavy atom. The smallest absolute Gasteiger partial charge is 0.255 e. The van der Waals surface area contributed by atoms with Gasteiger partial charge in [0.1, 0.15) is 0 Å². The van der Waals surface area contributed by atoms with Crippen LogP contribution in [0.1, 0.15) is 27.1 Å². The summed E-state index contributed by atoms with van der Waals surface area (Å²) in [7, 11) is 2.14. The lowest BCUT2D eigenvalue weighted by Crippen LogP contribution is -2.45. The van der Waals surface area contributed by atoms with Crippen LogP contribution < -0.4 is 16.4 Å². The van der Waals surface area contributed by atoms with Gasteiger partial charge in [-0.25, -0.2) is 0 Å². The third-order valence-electron chi connectivity index (χ3n) is 5.15. The number of amides is 2. The molecule has 0 aliphatic carbocycles. The normalized spacial score (nSPS) is 15.1. The van der Waals surface area contributed by atoms with Gasteiger partial charge >= 0.3 is 0 Å². The van der Waals surface area contributed by atoms with Gasteiger partial charge in [-0.15, -0.1) is 0 Å². The van der Waals surface area contributed by atoms with Crippen LogP contribution >= 0.6 is 0 Å². The van der Waals surface area contributed by atoms with E-state index in [9.17, 15) is 9.59 Å². The molecule has 0 radical (unpaired) electrons. The van der Waals surface area contributed by atoms with Crippen molar-refractivity contribution in [1.29, 1.82) is 0 Å². The molecule has 7 heteroatoms. The zero-order chi connectivity index (χ0) is 20.6. The van der Waals surface area contributed by atoms with E-state index < -0.39 is 0 Å². The van der Waals surface area contributed by atoms with Crippen molar-refractivity contribution in [2.24, 2.45) is 0 Å². The van der Waals surface area contributed by atoms with E-state index in [1.54, 1.807) is 36.4 Å². The van der Waals surface area contributed by atoms with Gasteiger partial charge in [0, 0.05) is 43.9 Å². The average Bonchev–Trinajstić information content (AvgIpc) is 2.74. The standard InChI is InChI=1S/C22H29N5O2/c1-26-13-15-27(16-14-26)12-4-11-24-21(28)17-7-9-18(10-8-17)22(29)25-20-6-3-2-5-19(20)23/h2-3,5-10H,4,11-16,23H2,1H3,(H,24,28)(H,25,29). The van der Waals surface area contributed by atoms with E-state index in [0.717, 1.165) is 39.1 Å². The van der Waals surface area contributed by atoms with Gasteiger partial charge in [0.15, 0.2) is 0 Å². The molecular weight excluding hydrogens is 366 g/mol.